The summed E-state index contributed by atoms with van der Waals surface area (Å²) in [5.41, 5.74) is 3.31. The second kappa shape index (κ2) is 9.74. The van der Waals surface area contributed by atoms with Crippen molar-refractivity contribution in [3.63, 3.8) is 0 Å². The van der Waals surface area contributed by atoms with E-state index in [4.69, 9.17) is 11.6 Å². The lowest BCUT2D eigenvalue weighted by Gasteiger charge is -2.34. The Labute approximate surface area is 234 Å². The van der Waals surface area contributed by atoms with Crippen molar-refractivity contribution >= 4 is 62.2 Å². The summed E-state index contributed by atoms with van der Waals surface area (Å²) in [5.74, 6) is 0. The maximum Gasteiger partial charge on any atom is 0.179 e. The molecule has 0 aliphatic carbocycles. The molecule has 0 aliphatic rings. The van der Waals surface area contributed by atoms with E-state index in [1.807, 2.05) is 0 Å². The van der Waals surface area contributed by atoms with Crippen LogP contribution in [0.25, 0.3) is 27.5 Å². The van der Waals surface area contributed by atoms with E-state index in [1.165, 1.54) is 31.5 Å². The lowest BCUT2D eigenvalue weighted by molar-refractivity contribution is 1.18. The van der Waals surface area contributed by atoms with E-state index in [0.29, 0.717) is 0 Å². The third-order valence-electron chi connectivity index (χ3n) is 7.79. The van der Waals surface area contributed by atoms with Gasteiger partial charge in [0.1, 0.15) is 0 Å². The topological polar surface area (TPSA) is 4.93 Å². The highest BCUT2D eigenvalue weighted by Gasteiger charge is 2.42. The van der Waals surface area contributed by atoms with Gasteiger partial charge >= 0.3 is 0 Å². The Morgan fingerprint density at radius 1 is 0.436 bits per heavy atom. The monoisotopic (exact) mass is 535 g/mol. The molecule has 7 rings (SSSR count). The quantitative estimate of drug-likeness (QED) is 0.168. The van der Waals surface area contributed by atoms with E-state index < -0.39 is 8.07 Å². The first kappa shape index (κ1) is 23.7. The molecule has 1 heterocycles. The first-order chi connectivity index (χ1) is 19.3. The van der Waals surface area contributed by atoms with Crippen molar-refractivity contribution in [2.75, 3.05) is 0 Å². The summed E-state index contributed by atoms with van der Waals surface area (Å²) in [7, 11) is -2.70. The molecule has 186 valence electrons. The Balaban J connectivity index is 1.64. The Bertz CT molecular complexity index is 1800. The third kappa shape index (κ3) is 3.76. The van der Waals surface area contributed by atoms with Gasteiger partial charge in [-0.25, -0.2) is 0 Å². The Morgan fingerprint density at radius 2 is 0.897 bits per heavy atom. The van der Waals surface area contributed by atoms with Crippen molar-refractivity contribution < 1.29 is 0 Å². The maximum absolute atomic E-state index is 7.36. The number of hydrogen-bond donors (Lipinski definition) is 0. The van der Waals surface area contributed by atoms with Crippen LogP contribution in [0.3, 0.4) is 0 Å². The van der Waals surface area contributed by atoms with E-state index in [9.17, 15) is 0 Å². The Morgan fingerprint density at radius 3 is 1.44 bits per heavy atom. The zero-order valence-corrected chi connectivity index (χ0v) is 23.1. The van der Waals surface area contributed by atoms with Crippen molar-refractivity contribution in [1.29, 1.82) is 0 Å². The molecule has 0 spiro atoms. The van der Waals surface area contributed by atoms with Gasteiger partial charge in [0.2, 0.25) is 0 Å². The molecule has 7 aromatic rings. The van der Waals surface area contributed by atoms with Crippen LogP contribution in [-0.4, -0.2) is 12.6 Å². The van der Waals surface area contributed by atoms with E-state index >= 15 is 0 Å². The minimum Gasteiger partial charge on any atom is -0.308 e. The van der Waals surface area contributed by atoms with Gasteiger partial charge in [-0.05, 0) is 45.0 Å². The van der Waals surface area contributed by atoms with Crippen LogP contribution < -0.4 is 20.7 Å². The first-order valence-corrected chi connectivity index (χ1v) is 15.6. The lowest BCUT2D eigenvalue weighted by Crippen LogP contribution is -2.74. The zero-order chi connectivity index (χ0) is 26.2. The number of nitrogens with zero attached hydrogens (tertiary/aromatic N) is 1. The van der Waals surface area contributed by atoms with Gasteiger partial charge < -0.3 is 4.57 Å². The predicted molar refractivity (Wildman–Crippen MR) is 169 cm³/mol. The molecule has 1 nitrogen and oxygen atoms in total. The Kier molecular flexibility index (Phi) is 5.92. The lowest BCUT2D eigenvalue weighted by atomic mass is 10.1. The number of para-hydroxylation sites is 2. The number of halogens is 1. The van der Waals surface area contributed by atoms with Gasteiger partial charge in [-0.15, -0.1) is 0 Å². The smallest absolute Gasteiger partial charge is 0.179 e. The summed E-state index contributed by atoms with van der Waals surface area (Å²) < 4.78 is 2.30. The fourth-order valence-electron chi connectivity index (χ4n) is 6.17. The van der Waals surface area contributed by atoms with Crippen molar-refractivity contribution in [2.45, 2.75) is 0 Å². The molecule has 0 atom stereocenters. The molecule has 0 aliphatic heterocycles. The van der Waals surface area contributed by atoms with Gasteiger partial charge in [-0.1, -0.05) is 145 Å². The van der Waals surface area contributed by atoms with Crippen LogP contribution in [0.1, 0.15) is 0 Å². The fourth-order valence-corrected chi connectivity index (χ4v) is 11.4. The van der Waals surface area contributed by atoms with Gasteiger partial charge in [0.05, 0.1) is 16.1 Å². The highest BCUT2D eigenvalue weighted by atomic mass is 35.5. The van der Waals surface area contributed by atoms with Crippen molar-refractivity contribution in [2.24, 2.45) is 0 Å². The second-order valence-corrected chi connectivity index (χ2v) is 14.1. The molecule has 0 amide bonds. The summed E-state index contributed by atoms with van der Waals surface area (Å²) in [6.07, 6.45) is 0. The highest BCUT2D eigenvalue weighted by Crippen LogP contribution is 2.36. The van der Waals surface area contributed by atoms with Crippen molar-refractivity contribution in [3.05, 3.63) is 163 Å². The summed E-state index contributed by atoms with van der Waals surface area (Å²) in [6, 6.07) is 56.8. The van der Waals surface area contributed by atoms with Crippen LogP contribution in [0.4, 0.5) is 0 Å². The van der Waals surface area contributed by atoms with Gasteiger partial charge in [0.25, 0.3) is 0 Å². The fraction of sp³-hybridized carbons (Fsp3) is 0. The standard InChI is InChI=1S/C36H26ClNSi/c37-34-26-31(25-33-32-23-13-14-24-35(32)38(36(33)34)27-15-5-1-6-16-27)39(28-17-7-2-8-18-28,29-19-9-3-10-20-29)30-21-11-4-12-22-30/h1-26H. The van der Waals surface area contributed by atoms with Crippen molar-refractivity contribution in [3.8, 4) is 5.69 Å². The predicted octanol–water partition coefficient (Wildman–Crippen LogP) is 6.81. The van der Waals surface area contributed by atoms with Gasteiger partial charge in [0.15, 0.2) is 8.07 Å². The first-order valence-electron chi connectivity index (χ1n) is 13.2. The molecule has 0 saturated carbocycles. The largest absolute Gasteiger partial charge is 0.308 e. The number of rotatable bonds is 5. The molecule has 0 N–H and O–H groups in total. The minimum atomic E-state index is -2.70. The average molecular weight is 536 g/mol. The van der Waals surface area contributed by atoms with E-state index in [-0.39, 0.29) is 0 Å². The highest BCUT2D eigenvalue weighted by molar-refractivity contribution is 7.20. The van der Waals surface area contributed by atoms with Crippen molar-refractivity contribution in [1.82, 2.24) is 4.57 Å². The summed E-state index contributed by atoms with van der Waals surface area (Å²) in [4.78, 5) is 0. The SMILES string of the molecule is Clc1cc([Si](c2ccccc2)(c2ccccc2)c2ccccc2)cc2c3ccccc3n(-c3ccccc3)c12. The number of benzene rings is 6. The molecule has 39 heavy (non-hydrogen) atoms. The third-order valence-corrected chi connectivity index (χ3v) is 12.8. The van der Waals surface area contributed by atoms with Crippen LogP contribution in [0.2, 0.25) is 5.02 Å². The van der Waals surface area contributed by atoms with Crippen LogP contribution in [0, 0.1) is 0 Å². The summed E-state index contributed by atoms with van der Waals surface area (Å²) in [6.45, 7) is 0. The molecule has 0 saturated heterocycles. The molecule has 0 bridgehead atoms. The van der Waals surface area contributed by atoms with Crippen LogP contribution in [0.5, 0.6) is 0 Å². The molecular formula is C36H26ClNSi. The second-order valence-electron chi connectivity index (χ2n) is 9.89. The van der Waals surface area contributed by atoms with E-state index in [1.54, 1.807) is 0 Å². The molecule has 6 aromatic carbocycles. The average Bonchev–Trinajstić information content (AvgIpc) is 3.35. The zero-order valence-electron chi connectivity index (χ0n) is 21.3. The maximum atomic E-state index is 7.36. The van der Waals surface area contributed by atoms with Gasteiger partial charge in [0, 0.05) is 16.5 Å². The number of hydrogen-bond acceptors (Lipinski definition) is 0. The summed E-state index contributed by atoms with van der Waals surface area (Å²) in [5, 5.41) is 8.44. The molecule has 1 aromatic heterocycles. The van der Waals surface area contributed by atoms with Crippen LogP contribution in [0.15, 0.2) is 158 Å². The number of aromatic nitrogens is 1. The van der Waals surface area contributed by atoms with E-state index in [2.05, 4.69) is 162 Å². The molecular weight excluding hydrogens is 510 g/mol. The molecule has 0 unspecified atom stereocenters. The summed E-state index contributed by atoms with van der Waals surface area (Å²) >= 11 is 7.36. The minimum absolute atomic E-state index is 0.766. The normalized spacial score (nSPS) is 11.7. The van der Waals surface area contributed by atoms with E-state index in [0.717, 1.165) is 21.7 Å². The molecule has 0 fully saturated rings. The van der Waals surface area contributed by atoms with Crippen LogP contribution >= 0.6 is 11.6 Å². The van der Waals surface area contributed by atoms with Gasteiger partial charge in [-0.3, -0.25) is 0 Å². The van der Waals surface area contributed by atoms with Crippen LogP contribution in [-0.2, 0) is 0 Å². The molecule has 3 heteroatoms. The van der Waals surface area contributed by atoms with Gasteiger partial charge in [-0.2, -0.15) is 0 Å². The Hall–Kier alpha value is -4.37. The molecule has 0 radical (unpaired) electrons. The number of fused-ring (bicyclic) bond motifs is 3.